The minimum absolute atomic E-state index is 0.123. The third kappa shape index (κ3) is 4.09. The third-order valence-corrected chi connectivity index (χ3v) is 5.85. The van der Waals surface area contributed by atoms with Gasteiger partial charge in [-0.1, -0.05) is 17.3 Å². The second-order valence-electron chi connectivity index (χ2n) is 8.13. The zero-order valence-electron chi connectivity index (χ0n) is 18.0. The topological polar surface area (TPSA) is 61.6 Å². The number of aryl methyl sites for hydroxylation is 2. The molecule has 2 aromatic carbocycles. The fourth-order valence-corrected chi connectivity index (χ4v) is 4.04. The molecule has 4 rings (SSSR count). The van der Waals surface area contributed by atoms with Crippen LogP contribution >= 0.6 is 0 Å². The summed E-state index contributed by atoms with van der Waals surface area (Å²) in [5, 5.41) is 6.98. The number of carbonyl (C=O) groups excluding carboxylic acids is 1. The van der Waals surface area contributed by atoms with Crippen LogP contribution in [0.1, 0.15) is 28.2 Å². The molecule has 1 fully saturated rings. The SMILES string of the molecule is Cc1noc(C)c1-c1ccc(C(=O)Nc2ccc(N3CCC(N(C)C)C3)cc2)cc1. The molecule has 1 aliphatic rings. The van der Waals surface area contributed by atoms with E-state index in [0.29, 0.717) is 11.6 Å². The Morgan fingerprint density at radius 1 is 1.10 bits per heavy atom. The van der Waals surface area contributed by atoms with Crippen LogP contribution in [0.5, 0.6) is 0 Å². The number of hydrogen-bond donors (Lipinski definition) is 1. The maximum absolute atomic E-state index is 12.6. The van der Waals surface area contributed by atoms with E-state index in [-0.39, 0.29) is 5.91 Å². The van der Waals surface area contributed by atoms with Crippen molar-refractivity contribution in [2.24, 2.45) is 0 Å². The molecule has 1 amide bonds. The second-order valence-corrected chi connectivity index (χ2v) is 8.13. The highest BCUT2D eigenvalue weighted by Gasteiger charge is 2.24. The molecule has 1 aliphatic heterocycles. The number of benzene rings is 2. The van der Waals surface area contributed by atoms with E-state index in [1.807, 2.05) is 50.2 Å². The Morgan fingerprint density at radius 3 is 2.37 bits per heavy atom. The molecule has 0 radical (unpaired) electrons. The number of rotatable bonds is 5. The maximum Gasteiger partial charge on any atom is 0.255 e. The first-order valence-corrected chi connectivity index (χ1v) is 10.3. The van der Waals surface area contributed by atoms with E-state index in [4.69, 9.17) is 4.52 Å². The van der Waals surface area contributed by atoms with E-state index in [0.717, 1.165) is 41.4 Å². The van der Waals surface area contributed by atoms with E-state index < -0.39 is 0 Å². The first kappa shape index (κ1) is 20.2. The van der Waals surface area contributed by atoms with Crippen LogP contribution in [0.2, 0.25) is 0 Å². The van der Waals surface area contributed by atoms with Gasteiger partial charge in [-0.25, -0.2) is 0 Å². The van der Waals surface area contributed by atoms with Crippen molar-refractivity contribution in [1.29, 1.82) is 0 Å². The van der Waals surface area contributed by atoms with Gasteiger partial charge in [0.1, 0.15) is 5.76 Å². The van der Waals surface area contributed by atoms with Gasteiger partial charge >= 0.3 is 0 Å². The fraction of sp³-hybridized carbons (Fsp3) is 0.333. The Balaban J connectivity index is 1.40. The van der Waals surface area contributed by atoms with Gasteiger partial charge in [0, 0.05) is 41.6 Å². The van der Waals surface area contributed by atoms with Crippen LogP contribution in [0, 0.1) is 13.8 Å². The highest BCUT2D eigenvalue weighted by molar-refractivity contribution is 6.04. The Morgan fingerprint density at radius 2 is 1.80 bits per heavy atom. The minimum Gasteiger partial charge on any atom is -0.370 e. The summed E-state index contributed by atoms with van der Waals surface area (Å²) in [7, 11) is 4.27. The Kier molecular flexibility index (Phi) is 5.59. The van der Waals surface area contributed by atoms with Gasteiger partial charge < -0.3 is 19.6 Å². The van der Waals surface area contributed by atoms with Crippen molar-refractivity contribution in [3.63, 3.8) is 0 Å². The molecule has 0 saturated carbocycles. The van der Waals surface area contributed by atoms with E-state index >= 15 is 0 Å². The van der Waals surface area contributed by atoms with E-state index in [9.17, 15) is 4.79 Å². The number of carbonyl (C=O) groups is 1. The molecule has 1 N–H and O–H groups in total. The summed E-state index contributed by atoms with van der Waals surface area (Å²) in [5.41, 5.74) is 5.43. The third-order valence-electron chi connectivity index (χ3n) is 5.85. The summed E-state index contributed by atoms with van der Waals surface area (Å²) in [6.45, 7) is 5.91. The van der Waals surface area contributed by atoms with Crippen molar-refractivity contribution in [1.82, 2.24) is 10.1 Å². The number of aromatic nitrogens is 1. The van der Waals surface area contributed by atoms with Crippen molar-refractivity contribution in [3.8, 4) is 11.1 Å². The first-order valence-electron chi connectivity index (χ1n) is 10.3. The quantitative estimate of drug-likeness (QED) is 0.685. The first-order chi connectivity index (χ1) is 14.4. The van der Waals surface area contributed by atoms with Crippen LogP contribution in [-0.2, 0) is 0 Å². The van der Waals surface area contributed by atoms with Crippen molar-refractivity contribution < 1.29 is 9.32 Å². The number of nitrogens with zero attached hydrogens (tertiary/aromatic N) is 3. The molecule has 6 heteroatoms. The van der Waals surface area contributed by atoms with Crippen LogP contribution < -0.4 is 10.2 Å². The van der Waals surface area contributed by atoms with Gasteiger partial charge in [-0.3, -0.25) is 4.79 Å². The maximum atomic E-state index is 12.6. The summed E-state index contributed by atoms with van der Waals surface area (Å²) in [4.78, 5) is 17.3. The van der Waals surface area contributed by atoms with Gasteiger partial charge in [-0.15, -0.1) is 0 Å². The van der Waals surface area contributed by atoms with E-state index in [1.165, 1.54) is 12.1 Å². The molecule has 1 atom stereocenters. The van der Waals surface area contributed by atoms with Gasteiger partial charge in [-0.05, 0) is 76.3 Å². The summed E-state index contributed by atoms with van der Waals surface area (Å²) in [6.07, 6.45) is 1.18. The fourth-order valence-electron chi connectivity index (χ4n) is 4.04. The molecule has 3 aromatic rings. The lowest BCUT2D eigenvalue weighted by molar-refractivity contribution is 0.102. The number of hydrogen-bond acceptors (Lipinski definition) is 5. The van der Waals surface area contributed by atoms with Gasteiger partial charge in [0.05, 0.1) is 5.69 Å². The second kappa shape index (κ2) is 8.32. The van der Waals surface area contributed by atoms with Gasteiger partial charge in [0.2, 0.25) is 0 Å². The van der Waals surface area contributed by atoms with Gasteiger partial charge in [0.25, 0.3) is 5.91 Å². The molecular weight excluding hydrogens is 376 g/mol. The van der Waals surface area contributed by atoms with E-state index in [2.05, 4.69) is 46.5 Å². The average Bonchev–Trinajstić information content (AvgIpc) is 3.36. The molecule has 1 aromatic heterocycles. The summed E-state index contributed by atoms with van der Waals surface area (Å²) < 4.78 is 5.24. The van der Waals surface area contributed by atoms with Crippen LogP contribution in [-0.4, -0.2) is 49.2 Å². The summed E-state index contributed by atoms with van der Waals surface area (Å²) in [6, 6.07) is 16.2. The number of likely N-dealkylation sites (N-methyl/N-ethyl adjacent to an activating group) is 1. The number of amides is 1. The lowest BCUT2D eigenvalue weighted by Gasteiger charge is -2.22. The van der Waals surface area contributed by atoms with Crippen molar-refractivity contribution in [2.45, 2.75) is 26.3 Å². The Bertz CT molecular complexity index is 1000. The van der Waals surface area contributed by atoms with Gasteiger partial charge in [0.15, 0.2) is 0 Å². The molecule has 0 aliphatic carbocycles. The normalized spacial score (nSPS) is 16.3. The highest BCUT2D eigenvalue weighted by Crippen LogP contribution is 2.27. The predicted molar refractivity (Wildman–Crippen MR) is 120 cm³/mol. The predicted octanol–water partition coefficient (Wildman–Crippen LogP) is 4.35. The number of anilines is 2. The zero-order valence-corrected chi connectivity index (χ0v) is 18.0. The lowest BCUT2D eigenvalue weighted by Crippen LogP contribution is -2.31. The Hall–Kier alpha value is -3.12. The highest BCUT2D eigenvalue weighted by atomic mass is 16.5. The molecule has 1 unspecified atom stereocenters. The minimum atomic E-state index is -0.123. The number of nitrogens with one attached hydrogen (secondary N) is 1. The standard InChI is InChI=1S/C24H28N4O2/c1-16-23(17(2)30-26-16)18-5-7-19(8-6-18)24(29)25-20-9-11-21(12-10-20)28-14-13-22(15-28)27(3)4/h5-12,22H,13-15H2,1-4H3,(H,25,29). The summed E-state index contributed by atoms with van der Waals surface area (Å²) in [5.74, 6) is 0.654. The van der Waals surface area contributed by atoms with Crippen molar-refractivity contribution in [2.75, 3.05) is 37.4 Å². The monoisotopic (exact) mass is 404 g/mol. The van der Waals surface area contributed by atoms with Gasteiger partial charge in [-0.2, -0.15) is 0 Å². The molecule has 0 spiro atoms. The molecule has 0 bridgehead atoms. The molecular formula is C24H28N4O2. The average molecular weight is 405 g/mol. The van der Waals surface area contributed by atoms with Crippen LogP contribution in [0.3, 0.4) is 0 Å². The smallest absolute Gasteiger partial charge is 0.255 e. The molecule has 2 heterocycles. The molecule has 6 nitrogen and oxygen atoms in total. The molecule has 156 valence electrons. The van der Waals surface area contributed by atoms with Crippen LogP contribution in [0.15, 0.2) is 53.1 Å². The molecule has 30 heavy (non-hydrogen) atoms. The van der Waals surface area contributed by atoms with E-state index in [1.54, 1.807) is 0 Å². The van der Waals surface area contributed by atoms with Crippen molar-refractivity contribution in [3.05, 3.63) is 65.5 Å². The van der Waals surface area contributed by atoms with Crippen LogP contribution in [0.4, 0.5) is 11.4 Å². The lowest BCUT2D eigenvalue weighted by atomic mass is 10.0. The molecule has 1 saturated heterocycles. The van der Waals surface area contributed by atoms with Crippen molar-refractivity contribution >= 4 is 17.3 Å². The van der Waals surface area contributed by atoms with Crippen LogP contribution in [0.25, 0.3) is 11.1 Å². The largest absolute Gasteiger partial charge is 0.370 e. The zero-order chi connectivity index (χ0) is 21.3. The summed E-state index contributed by atoms with van der Waals surface area (Å²) >= 11 is 0. The Labute approximate surface area is 177 Å².